The summed E-state index contributed by atoms with van der Waals surface area (Å²) in [6.45, 7) is 5.61. The molecule has 1 aromatic carbocycles. The minimum atomic E-state index is -0.888. The summed E-state index contributed by atoms with van der Waals surface area (Å²) in [7, 11) is 0. The molecule has 0 spiro atoms. The zero-order chi connectivity index (χ0) is 21.0. The SMILES string of the molecule is CCC(C)c1cc([N+](=O)[O-])cc([N+](=O)[O-])c1[O-].OCC[NH+](CCO)CCO. The number of nitrogens with zero attached hydrogens (tertiary/aromatic N) is 2. The second-order valence-electron chi connectivity index (χ2n) is 5.88. The van der Waals surface area contributed by atoms with E-state index in [0.29, 0.717) is 32.1 Å². The normalized spacial score (nSPS) is 11.6. The van der Waals surface area contributed by atoms with Gasteiger partial charge in [-0.2, -0.15) is 0 Å². The van der Waals surface area contributed by atoms with Gasteiger partial charge in [0.15, 0.2) is 0 Å². The highest BCUT2D eigenvalue weighted by Crippen LogP contribution is 2.37. The zero-order valence-corrected chi connectivity index (χ0v) is 15.5. The smallest absolute Gasteiger partial charge is 0.276 e. The second kappa shape index (κ2) is 12.9. The summed E-state index contributed by atoms with van der Waals surface area (Å²) in [5, 5.41) is 58.5. The van der Waals surface area contributed by atoms with E-state index in [1.54, 1.807) is 13.8 Å². The highest BCUT2D eigenvalue weighted by atomic mass is 16.6. The van der Waals surface area contributed by atoms with Crippen LogP contribution >= 0.6 is 0 Å². The summed E-state index contributed by atoms with van der Waals surface area (Å²) in [6, 6.07) is 1.82. The molecule has 1 rings (SSSR count). The van der Waals surface area contributed by atoms with Crippen molar-refractivity contribution in [3.8, 4) is 5.75 Å². The summed E-state index contributed by atoms with van der Waals surface area (Å²) in [6.07, 6.45) is 0.577. The molecule has 1 atom stereocenters. The lowest BCUT2D eigenvalue weighted by atomic mass is 9.96. The maximum atomic E-state index is 11.7. The lowest BCUT2D eigenvalue weighted by Gasteiger charge is -2.17. The minimum Gasteiger partial charge on any atom is -0.868 e. The van der Waals surface area contributed by atoms with Crippen molar-refractivity contribution in [1.82, 2.24) is 0 Å². The maximum absolute atomic E-state index is 11.7. The fourth-order valence-electron chi connectivity index (χ4n) is 2.30. The first-order valence-electron chi connectivity index (χ1n) is 8.53. The molecule has 11 heteroatoms. The highest BCUT2D eigenvalue weighted by molar-refractivity contribution is 5.58. The summed E-state index contributed by atoms with van der Waals surface area (Å²) in [5.41, 5.74) is -1.05. The molecule has 154 valence electrons. The van der Waals surface area contributed by atoms with Crippen LogP contribution in [-0.4, -0.2) is 64.6 Å². The van der Waals surface area contributed by atoms with Crippen molar-refractivity contribution in [2.24, 2.45) is 0 Å². The number of quaternary nitrogens is 1. The fourth-order valence-corrected chi connectivity index (χ4v) is 2.30. The average Bonchev–Trinajstić information content (AvgIpc) is 2.62. The molecule has 4 N–H and O–H groups in total. The average molecular weight is 389 g/mol. The number of nitro benzene ring substituents is 2. The Labute approximate surface area is 156 Å². The lowest BCUT2D eigenvalue weighted by Crippen LogP contribution is -3.13. The molecule has 0 aliphatic rings. The molecule has 11 nitrogen and oxygen atoms in total. The molecule has 0 aromatic heterocycles. The number of rotatable bonds is 10. The summed E-state index contributed by atoms with van der Waals surface area (Å²) in [5.74, 6) is -0.990. The molecule has 0 fully saturated rings. The standard InChI is InChI=1S/C10H12N2O5.C6H15NO3/c1-3-6(2)8-4-7(11(14)15)5-9(10(8)13)12(16)17;8-4-1-7(2-5-9)3-6-10/h4-6,13H,3H2,1-2H3;8-10H,1-6H2. The van der Waals surface area contributed by atoms with Crippen molar-refractivity contribution in [3.63, 3.8) is 0 Å². The highest BCUT2D eigenvalue weighted by Gasteiger charge is 2.20. The van der Waals surface area contributed by atoms with E-state index >= 15 is 0 Å². The third-order valence-corrected chi connectivity index (χ3v) is 4.03. The summed E-state index contributed by atoms with van der Waals surface area (Å²) in [4.78, 5) is 20.7. The fraction of sp³-hybridized carbons (Fsp3) is 0.625. The van der Waals surface area contributed by atoms with Gasteiger partial charge in [0.25, 0.3) is 11.4 Å². The van der Waals surface area contributed by atoms with E-state index in [1.807, 2.05) is 0 Å². The van der Waals surface area contributed by atoms with Crippen molar-refractivity contribution in [2.45, 2.75) is 26.2 Å². The van der Waals surface area contributed by atoms with E-state index in [2.05, 4.69) is 0 Å². The van der Waals surface area contributed by atoms with Gasteiger partial charge in [-0.05, 0) is 23.7 Å². The van der Waals surface area contributed by atoms with Crippen LogP contribution in [0.15, 0.2) is 12.1 Å². The van der Waals surface area contributed by atoms with Crippen molar-refractivity contribution in [3.05, 3.63) is 37.9 Å². The second-order valence-corrected chi connectivity index (χ2v) is 5.88. The van der Waals surface area contributed by atoms with Gasteiger partial charge in [-0.3, -0.25) is 20.2 Å². The number of hydrogen-bond acceptors (Lipinski definition) is 8. The van der Waals surface area contributed by atoms with Gasteiger partial charge >= 0.3 is 0 Å². The van der Waals surface area contributed by atoms with Gasteiger partial charge in [-0.15, -0.1) is 0 Å². The van der Waals surface area contributed by atoms with Crippen LogP contribution in [0.25, 0.3) is 0 Å². The summed E-state index contributed by atoms with van der Waals surface area (Å²) >= 11 is 0. The van der Waals surface area contributed by atoms with E-state index in [1.165, 1.54) is 0 Å². The first kappa shape index (κ1) is 24.7. The minimum absolute atomic E-state index is 0.106. The van der Waals surface area contributed by atoms with Crippen LogP contribution < -0.4 is 10.0 Å². The number of aliphatic hydroxyl groups is 3. The molecule has 0 bridgehead atoms. The van der Waals surface area contributed by atoms with E-state index in [-0.39, 0.29) is 31.3 Å². The Hall–Kier alpha value is -2.34. The molecule has 1 aromatic rings. The molecule has 0 heterocycles. The quantitative estimate of drug-likeness (QED) is 0.289. The molecule has 0 saturated heterocycles. The van der Waals surface area contributed by atoms with E-state index in [4.69, 9.17) is 15.3 Å². The van der Waals surface area contributed by atoms with Crippen molar-refractivity contribution < 1.29 is 35.2 Å². The maximum Gasteiger partial charge on any atom is 0.276 e. The Kier molecular flexibility index (Phi) is 11.8. The Morgan fingerprint density at radius 3 is 1.81 bits per heavy atom. The van der Waals surface area contributed by atoms with Gasteiger partial charge in [-0.1, -0.05) is 13.8 Å². The monoisotopic (exact) mass is 389 g/mol. The van der Waals surface area contributed by atoms with Gasteiger partial charge < -0.3 is 25.3 Å². The van der Waals surface area contributed by atoms with E-state index in [0.717, 1.165) is 11.0 Å². The molecule has 0 amide bonds. The molecule has 0 aliphatic carbocycles. The first-order chi connectivity index (χ1) is 12.7. The molecule has 0 aliphatic heterocycles. The number of nitro groups is 2. The van der Waals surface area contributed by atoms with E-state index in [9.17, 15) is 25.3 Å². The molecular weight excluding hydrogens is 362 g/mol. The third-order valence-electron chi connectivity index (χ3n) is 4.03. The van der Waals surface area contributed by atoms with Gasteiger partial charge in [-0.25, -0.2) is 0 Å². The molecular formula is C16H27N3O8. The predicted molar refractivity (Wildman–Crippen MR) is 94.7 cm³/mol. The lowest BCUT2D eigenvalue weighted by molar-refractivity contribution is -0.901. The van der Waals surface area contributed by atoms with Crippen molar-refractivity contribution in [1.29, 1.82) is 0 Å². The molecule has 0 radical (unpaired) electrons. The van der Waals surface area contributed by atoms with Gasteiger partial charge in [0.05, 0.1) is 35.7 Å². The van der Waals surface area contributed by atoms with Crippen LogP contribution in [0.1, 0.15) is 31.7 Å². The predicted octanol–water partition coefficient (Wildman–Crippen LogP) is -1.06. The number of aliphatic hydroxyl groups excluding tert-OH is 3. The Bertz CT molecular complexity index is 597. The first-order valence-corrected chi connectivity index (χ1v) is 8.53. The van der Waals surface area contributed by atoms with Crippen LogP contribution in [0, 0.1) is 20.2 Å². The van der Waals surface area contributed by atoms with Crippen LogP contribution in [0.2, 0.25) is 0 Å². The van der Waals surface area contributed by atoms with Crippen LogP contribution in [-0.2, 0) is 0 Å². The largest absolute Gasteiger partial charge is 0.868 e. The van der Waals surface area contributed by atoms with Gasteiger partial charge in [0.1, 0.15) is 19.6 Å². The Morgan fingerprint density at radius 1 is 1.00 bits per heavy atom. The zero-order valence-electron chi connectivity index (χ0n) is 15.5. The summed E-state index contributed by atoms with van der Waals surface area (Å²) < 4.78 is 0. The van der Waals surface area contributed by atoms with Crippen molar-refractivity contribution in [2.75, 3.05) is 39.5 Å². The molecule has 27 heavy (non-hydrogen) atoms. The van der Waals surface area contributed by atoms with Gasteiger partial charge in [0.2, 0.25) is 0 Å². The number of benzene rings is 1. The molecule has 0 saturated carbocycles. The number of non-ortho nitro benzene ring substituents is 1. The van der Waals surface area contributed by atoms with Crippen LogP contribution in [0.4, 0.5) is 11.4 Å². The number of hydrogen-bond donors (Lipinski definition) is 4. The Balaban J connectivity index is 0.000000580. The Morgan fingerprint density at radius 2 is 1.48 bits per heavy atom. The molecule has 1 unspecified atom stereocenters. The topological polar surface area (TPSA) is 174 Å². The van der Waals surface area contributed by atoms with Gasteiger partial charge in [0, 0.05) is 6.07 Å². The van der Waals surface area contributed by atoms with Crippen LogP contribution in [0.5, 0.6) is 5.75 Å². The van der Waals surface area contributed by atoms with Crippen LogP contribution in [0.3, 0.4) is 0 Å². The third kappa shape index (κ3) is 8.26. The van der Waals surface area contributed by atoms with E-state index < -0.39 is 27.0 Å². The van der Waals surface area contributed by atoms with Crippen molar-refractivity contribution >= 4 is 11.4 Å². The number of nitrogens with one attached hydrogen (secondary N) is 1.